The molecule has 4 heteroatoms. The average Bonchev–Trinajstić information content (AvgIpc) is 2.39. The maximum atomic E-state index is 6.04. The van der Waals surface area contributed by atoms with Gasteiger partial charge >= 0.3 is 0 Å². The number of hydrogen-bond acceptors (Lipinski definition) is 3. The maximum absolute atomic E-state index is 6.04. The van der Waals surface area contributed by atoms with Crippen LogP contribution in [0.5, 0.6) is 5.75 Å². The van der Waals surface area contributed by atoms with Gasteiger partial charge in [-0.1, -0.05) is 24.6 Å². The summed E-state index contributed by atoms with van der Waals surface area (Å²) in [5.74, 6) is 0.726. The fraction of sp³-hybridized carbons (Fsp3) is 0.571. The highest BCUT2D eigenvalue weighted by atomic mass is 35.5. The van der Waals surface area contributed by atoms with E-state index >= 15 is 0 Å². The van der Waals surface area contributed by atoms with Crippen molar-refractivity contribution >= 4 is 11.6 Å². The van der Waals surface area contributed by atoms with Crippen LogP contribution in [0.4, 0.5) is 0 Å². The Morgan fingerprint density at radius 1 is 1.33 bits per heavy atom. The molecule has 1 rings (SSSR count). The first kappa shape index (κ1) is 15.3. The zero-order valence-corrected chi connectivity index (χ0v) is 12.1. The van der Waals surface area contributed by atoms with Gasteiger partial charge in [0.05, 0.1) is 12.1 Å². The summed E-state index contributed by atoms with van der Waals surface area (Å²) < 4.78 is 10.4. The van der Waals surface area contributed by atoms with Crippen molar-refractivity contribution in [2.45, 2.75) is 25.8 Å². The number of nitrogens with one attached hydrogen (secondary N) is 1. The van der Waals surface area contributed by atoms with Crippen molar-refractivity contribution < 1.29 is 9.47 Å². The molecular weight excluding hydrogens is 250 g/mol. The summed E-state index contributed by atoms with van der Waals surface area (Å²) in [6, 6.07) is 6.25. The van der Waals surface area contributed by atoms with Crippen molar-refractivity contribution in [2.75, 3.05) is 27.4 Å². The van der Waals surface area contributed by atoms with Gasteiger partial charge in [-0.25, -0.2) is 0 Å². The van der Waals surface area contributed by atoms with Crippen molar-refractivity contribution in [3.63, 3.8) is 0 Å². The highest BCUT2D eigenvalue weighted by Gasteiger charge is 2.12. The lowest BCUT2D eigenvalue weighted by Gasteiger charge is -2.19. The van der Waals surface area contributed by atoms with E-state index in [0.717, 1.165) is 31.7 Å². The highest BCUT2D eigenvalue weighted by Crippen LogP contribution is 2.29. The van der Waals surface area contributed by atoms with Gasteiger partial charge in [-0.2, -0.15) is 0 Å². The third kappa shape index (κ3) is 4.48. The smallest absolute Gasteiger partial charge is 0.137 e. The number of benzene rings is 1. The lowest BCUT2D eigenvalue weighted by molar-refractivity contribution is 0.189. The number of halogens is 1. The van der Waals surface area contributed by atoms with Crippen LogP contribution in [0.15, 0.2) is 18.2 Å². The van der Waals surface area contributed by atoms with E-state index in [1.54, 1.807) is 14.2 Å². The van der Waals surface area contributed by atoms with Crippen molar-refractivity contribution in [3.8, 4) is 5.75 Å². The summed E-state index contributed by atoms with van der Waals surface area (Å²) in [7, 11) is 3.37. The van der Waals surface area contributed by atoms with E-state index in [4.69, 9.17) is 21.1 Å². The molecule has 1 N–H and O–H groups in total. The van der Waals surface area contributed by atoms with Crippen LogP contribution in [-0.4, -0.2) is 27.4 Å². The van der Waals surface area contributed by atoms with E-state index in [9.17, 15) is 0 Å². The number of ether oxygens (including phenoxy) is 2. The highest BCUT2D eigenvalue weighted by molar-refractivity contribution is 6.32. The van der Waals surface area contributed by atoms with Gasteiger partial charge < -0.3 is 14.8 Å². The molecule has 0 saturated heterocycles. The van der Waals surface area contributed by atoms with Gasteiger partial charge in [-0.15, -0.1) is 0 Å². The van der Waals surface area contributed by atoms with E-state index in [1.165, 1.54) is 5.56 Å². The summed E-state index contributed by atoms with van der Waals surface area (Å²) >= 11 is 6.04. The second-order valence-corrected chi connectivity index (χ2v) is 4.55. The fourth-order valence-corrected chi connectivity index (χ4v) is 2.15. The first-order valence-corrected chi connectivity index (χ1v) is 6.66. The van der Waals surface area contributed by atoms with Crippen LogP contribution in [0.3, 0.4) is 0 Å². The third-order valence-electron chi connectivity index (χ3n) is 2.87. The Bertz CT molecular complexity index is 358. The Hall–Kier alpha value is -0.770. The molecule has 0 aromatic heterocycles. The zero-order valence-electron chi connectivity index (χ0n) is 11.3. The van der Waals surface area contributed by atoms with Crippen LogP contribution < -0.4 is 10.1 Å². The molecule has 0 aliphatic carbocycles. The third-order valence-corrected chi connectivity index (χ3v) is 3.18. The van der Waals surface area contributed by atoms with Crippen molar-refractivity contribution in [1.29, 1.82) is 0 Å². The first-order valence-electron chi connectivity index (χ1n) is 6.28. The van der Waals surface area contributed by atoms with Gasteiger partial charge in [0, 0.05) is 19.8 Å². The van der Waals surface area contributed by atoms with Crippen LogP contribution in [0.1, 0.15) is 31.4 Å². The van der Waals surface area contributed by atoms with Gasteiger partial charge in [-0.05, 0) is 37.1 Å². The molecule has 0 amide bonds. The molecule has 1 aromatic rings. The molecule has 0 bridgehead atoms. The number of methoxy groups -OCH3 is 2. The SMILES string of the molecule is CCNC(CCCOC)c1ccc(Cl)c(OC)c1. The summed E-state index contributed by atoms with van der Waals surface area (Å²) in [6.07, 6.45) is 2.06. The quantitative estimate of drug-likeness (QED) is 0.735. The predicted octanol–water partition coefficient (Wildman–Crippen LogP) is 3.43. The second-order valence-electron chi connectivity index (χ2n) is 4.14. The monoisotopic (exact) mass is 271 g/mol. The molecule has 0 heterocycles. The molecular formula is C14H22ClNO2. The molecule has 0 saturated carbocycles. The predicted molar refractivity (Wildman–Crippen MR) is 75.5 cm³/mol. The number of rotatable bonds is 8. The topological polar surface area (TPSA) is 30.5 Å². The minimum Gasteiger partial charge on any atom is -0.495 e. The Balaban J connectivity index is 2.77. The zero-order chi connectivity index (χ0) is 13.4. The van der Waals surface area contributed by atoms with E-state index in [2.05, 4.69) is 12.2 Å². The molecule has 1 atom stereocenters. The van der Waals surface area contributed by atoms with Crippen LogP contribution >= 0.6 is 11.6 Å². The maximum Gasteiger partial charge on any atom is 0.137 e. The molecule has 0 radical (unpaired) electrons. The van der Waals surface area contributed by atoms with Crippen molar-refractivity contribution in [3.05, 3.63) is 28.8 Å². The minimum absolute atomic E-state index is 0.316. The molecule has 0 aliphatic heterocycles. The standard InChI is InChI=1S/C14H22ClNO2/c1-4-16-13(6-5-9-17-2)11-7-8-12(15)14(10-11)18-3/h7-8,10,13,16H,4-6,9H2,1-3H3. The molecule has 0 spiro atoms. The van der Waals surface area contributed by atoms with Gasteiger partial charge in [0.1, 0.15) is 5.75 Å². The van der Waals surface area contributed by atoms with E-state index < -0.39 is 0 Å². The Kier molecular flexibility index (Phi) is 7.09. The van der Waals surface area contributed by atoms with E-state index in [-0.39, 0.29) is 0 Å². The fourth-order valence-electron chi connectivity index (χ4n) is 1.96. The number of hydrogen-bond donors (Lipinski definition) is 1. The van der Waals surface area contributed by atoms with Crippen LogP contribution in [-0.2, 0) is 4.74 Å². The first-order chi connectivity index (χ1) is 8.72. The van der Waals surface area contributed by atoms with Crippen molar-refractivity contribution in [2.24, 2.45) is 0 Å². The van der Waals surface area contributed by atoms with Gasteiger partial charge in [-0.3, -0.25) is 0 Å². The summed E-state index contributed by atoms with van der Waals surface area (Å²) in [5.41, 5.74) is 1.20. The van der Waals surface area contributed by atoms with Crippen molar-refractivity contribution in [1.82, 2.24) is 5.32 Å². The molecule has 18 heavy (non-hydrogen) atoms. The van der Waals surface area contributed by atoms with Crippen LogP contribution in [0, 0.1) is 0 Å². The lowest BCUT2D eigenvalue weighted by Crippen LogP contribution is -2.21. The Morgan fingerprint density at radius 3 is 2.72 bits per heavy atom. The van der Waals surface area contributed by atoms with E-state index in [1.807, 2.05) is 18.2 Å². The molecule has 0 aliphatic rings. The van der Waals surface area contributed by atoms with Crippen LogP contribution in [0.2, 0.25) is 5.02 Å². The Morgan fingerprint density at radius 2 is 2.11 bits per heavy atom. The lowest BCUT2D eigenvalue weighted by atomic mass is 10.0. The minimum atomic E-state index is 0.316. The summed E-state index contributed by atoms with van der Waals surface area (Å²) in [5, 5.41) is 4.12. The Labute approximate surface area is 114 Å². The molecule has 1 aromatic carbocycles. The van der Waals surface area contributed by atoms with Crippen LogP contribution in [0.25, 0.3) is 0 Å². The van der Waals surface area contributed by atoms with Gasteiger partial charge in [0.2, 0.25) is 0 Å². The molecule has 0 fully saturated rings. The summed E-state index contributed by atoms with van der Waals surface area (Å²) in [4.78, 5) is 0. The summed E-state index contributed by atoms with van der Waals surface area (Å²) in [6.45, 7) is 3.83. The van der Waals surface area contributed by atoms with Gasteiger partial charge in [0.15, 0.2) is 0 Å². The molecule has 102 valence electrons. The largest absolute Gasteiger partial charge is 0.495 e. The molecule has 3 nitrogen and oxygen atoms in total. The average molecular weight is 272 g/mol. The molecule has 1 unspecified atom stereocenters. The van der Waals surface area contributed by atoms with Gasteiger partial charge in [0.25, 0.3) is 0 Å². The van der Waals surface area contributed by atoms with E-state index in [0.29, 0.717) is 11.1 Å². The second kappa shape index (κ2) is 8.35. The normalized spacial score (nSPS) is 12.4.